The molecule has 0 saturated carbocycles. The number of halogens is 1. The van der Waals surface area contributed by atoms with Crippen LogP contribution in [-0.2, 0) is 9.53 Å². The lowest BCUT2D eigenvalue weighted by Gasteiger charge is -2.10. The van der Waals surface area contributed by atoms with Crippen LogP contribution in [0.1, 0.15) is 28.8 Å². The van der Waals surface area contributed by atoms with Crippen LogP contribution in [-0.4, -0.2) is 25.1 Å². The minimum atomic E-state index is -0.412. The van der Waals surface area contributed by atoms with Crippen LogP contribution in [0.2, 0.25) is 0 Å². The monoisotopic (exact) mass is 479 g/mol. The van der Waals surface area contributed by atoms with Crippen molar-refractivity contribution in [3.63, 3.8) is 0 Å². The molecule has 0 atom stereocenters. The quantitative estimate of drug-likeness (QED) is 0.244. The molecule has 27 heavy (non-hydrogen) atoms. The predicted molar refractivity (Wildman–Crippen MR) is 114 cm³/mol. The number of nitrogens with one attached hydrogen (secondary N) is 1. The largest absolute Gasteiger partial charge is 0.494 e. The predicted octanol–water partition coefficient (Wildman–Crippen LogP) is 4.74. The number of ether oxygens (including phenoxy) is 2. The average Bonchev–Trinajstić information content (AvgIpc) is 2.67. The van der Waals surface area contributed by atoms with Crippen molar-refractivity contribution in [3.8, 4) is 5.75 Å². The zero-order chi connectivity index (χ0) is 19.6. The Hall–Kier alpha value is -2.35. The van der Waals surface area contributed by atoms with Crippen molar-refractivity contribution < 1.29 is 19.1 Å². The van der Waals surface area contributed by atoms with E-state index in [4.69, 9.17) is 9.47 Å². The molecule has 0 bridgehead atoms. The highest BCUT2D eigenvalue weighted by Crippen LogP contribution is 2.19. The van der Waals surface area contributed by atoms with Crippen molar-refractivity contribution in [2.75, 3.05) is 18.5 Å². The standard InChI is InChI=1S/C21H22INO4/c1-3-20(24)27-13-5-4-12-26-18-9-6-16(7-10-18)21(25)23-19-11-8-17(22)14-15(19)2/h3,6-11,14H,1,4-5,12-13H2,2H3,(H,23,25). The fourth-order valence-corrected chi connectivity index (χ4v) is 2.94. The lowest BCUT2D eigenvalue weighted by molar-refractivity contribution is -0.137. The van der Waals surface area contributed by atoms with E-state index in [1.165, 1.54) is 0 Å². The Morgan fingerprint density at radius 1 is 1.11 bits per heavy atom. The van der Waals surface area contributed by atoms with E-state index in [1.807, 2.05) is 25.1 Å². The molecule has 0 fully saturated rings. The van der Waals surface area contributed by atoms with Gasteiger partial charge in [-0.1, -0.05) is 6.58 Å². The lowest BCUT2D eigenvalue weighted by Crippen LogP contribution is -2.12. The van der Waals surface area contributed by atoms with E-state index >= 15 is 0 Å². The fraction of sp³-hybridized carbons (Fsp3) is 0.238. The molecule has 0 aliphatic heterocycles. The third-order valence-corrected chi connectivity index (χ3v) is 4.44. The minimum Gasteiger partial charge on any atom is -0.494 e. The van der Waals surface area contributed by atoms with Gasteiger partial charge in [-0.15, -0.1) is 0 Å². The number of carbonyl (C=O) groups excluding carboxylic acids is 2. The second kappa shape index (κ2) is 10.7. The van der Waals surface area contributed by atoms with Crippen LogP contribution in [0.4, 0.5) is 5.69 Å². The van der Waals surface area contributed by atoms with Crippen molar-refractivity contribution in [2.24, 2.45) is 0 Å². The Morgan fingerprint density at radius 3 is 2.48 bits per heavy atom. The first-order valence-corrected chi connectivity index (χ1v) is 9.67. The molecular formula is C21H22INO4. The molecule has 0 radical (unpaired) electrons. The molecule has 0 saturated heterocycles. The summed E-state index contributed by atoms with van der Waals surface area (Å²) in [5.41, 5.74) is 2.39. The lowest BCUT2D eigenvalue weighted by atomic mass is 10.1. The summed E-state index contributed by atoms with van der Waals surface area (Å²) in [7, 11) is 0. The summed E-state index contributed by atoms with van der Waals surface area (Å²) in [5, 5.41) is 2.92. The Balaban J connectivity index is 1.78. The number of benzene rings is 2. The molecule has 1 amide bonds. The number of esters is 1. The van der Waals surface area contributed by atoms with Crippen molar-refractivity contribution in [1.82, 2.24) is 0 Å². The van der Waals surface area contributed by atoms with E-state index in [-0.39, 0.29) is 5.91 Å². The molecule has 6 heteroatoms. The highest BCUT2D eigenvalue weighted by Gasteiger charge is 2.08. The average molecular weight is 479 g/mol. The molecule has 0 aliphatic rings. The summed E-state index contributed by atoms with van der Waals surface area (Å²) >= 11 is 2.24. The maximum Gasteiger partial charge on any atom is 0.330 e. The van der Waals surface area contributed by atoms with Gasteiger partial charge in [0.25, 0.3) is 5.91 Å². The van der Waals surface area contributed by atoms with Crippen molar-refractivity contribution in [2.45, 2.75) is 19.8 Å². The van der Waals surface area contributed by atoms with Crippen LogP contribution < -0.4 is 10.1 Å². The van der Waals surface area contributed by atoms with Crippen LogP contribution in [0.5, 0.6) is 5.75 Å². The highest BCUT2D eigenvalue weighted by molar-refractivity contribution is 14.1. The minimum absolute atomic E-state index is 0.158. The number of hydrogen-bond donors (Lipinski definition) is 1. The van der Waals surface area contributed by atoms with E-state index < -0.39 is 5.97 Å². The van der Waals surface area contributed by atoms with Gasteiger partial charge in [0, 0.05) is 20.9 Å². The number of unbranched alkanes of at least 4 members (excludes halogenated alkanes) is 1. The van der Waals surface area contributed by atoms with Crippen molar-refractivity contribution >= 4 is 40.2 Å². The second-order valence-corrected chi connectivity index (χ2v) is 7.11. The van der Waals surface area contributed by atoms with E-state index in [1.54, 1.807) is 24.3 Å². The van der Waals surface area contributed by atoms with E-state index in [2.05, 4.69) is 34.5 Å². The second-order valence-electron chi connectivity index (χ2n) is 5.86. The maximum atomic E-state index is 12.4. The number of amides is 1. The fourth-order valence-electron chi connectivity index (χ4n) is 2.29. The molecule has 2 aromatic rings. The summed E-state index contributed by atoms with van der Waals surface area (Å²) in [6.07, 6.45) is 2.63. The van der Waals surface area contributed by atoms with Gasteiger partial charge in [0.1, 0.15) is 5.75 Å². The number of rotatable bonds is 9. The number of anilines is 1. The van der Waals surface area contributed by atoms with Crippen molar-refractivity contribution in [1.29, 1.82) is 0 Å². The SMILES string of the molecule is C=CC(=O)OCCCCOc1ccc(C(=O)Nc2ccc(I)cc2C)cc1. The number of hydrogen-bond acceptors (Lipinski definition) is 4. The Labute approximate surface area is 172 Å². The van der Waals surface area contributed by atoms with Gasteiger partial charge < -0.3 is 14.8 Å². The summed E-state index contributed by atoms with van der Waals surface area (Å²) in [5.74, 6) is 0.125. The van der Waals surface area contributed by atoms with Gasteiger partial charge in [0.05, 0.1) is 13.2 Å². The zero-order valence-electron chi connectivity index (χ0n) is 15.2. The molecule has 0 spiro atoms. The number of aryl methyl sites for hydroxylation is 1. The van der Waals surface area contributed by atoms with Crippen LogP contribution in [0.15, 0.2) is 55.1 Å². The summed E-state index contributed by atoms with van der Waals surface area (Å²) in [6.45, 7) is 6.17. The first kappa shape index (κ1) is 21.0. The molecule has 2 rings (SSSR count). The smallest absolute Gasteiger partial charge is 0.330 e. The normalized spacial score (nSPS) is 10.1. The summed E-state index contributed by atoms with van der Waals surface area (Å²) in [6, 6.07) is 12.9. The first-order valence-electron chi connectivity index (χ1n) is 8.59. The highest BCUT2D eigenvalue weighted by atomic mass is 127. The molecule has 2 aromatic carbocycles. The Morgan fingerprint density at radius 2 is 1.81 bits per heavy atom. The van der Waals surface area contributed by atoms with Crippen LogP contribution in [0.25, 0.3) is 0 Å². The molecule has 5 nitrogen and oxygen atoms in total. The molecule has 1 N–H and O–H groups in total. The summed E-state index contributed by atoms with van der Waals surface area (Å²) < 4.78 is 11.7. The molecule has 0 aromatic heterocycles. The molecular weight excluding hydrogens is 457 g/mol. The van der Waals surface area contributed by atoms with Gasteiger partial charge >= 0.3 is 5.97 Å². The van der Waals surface area contributed by atoms with Crippen molar-refractivity contribution in [3.05, 3.63) is 69.8 Å². The van der Waals surface area contributed by atoms with Gasteiger partial charge in [-0.05, 0) is 90.4 Å². The molecule has 0 aliphatic carbocycles. The Kier molecular flexibility index (Phi) is 8.32. The molecule has 0 heterocycles. The zero-order valence-corrected chi connectivity index (χ0v) is 17.3. The third kappa shape index (κ3) is 7.05. The molecule has 0 unspecified atom stereocenters. The third-order valence-electron chi connectivity index (χ3n) is 3.77. The first-order chi connectivity index (χ1) is 13.0. The number of carbonyl (C=O) groups is 2. The topological polar surface area (TPSA) is 64.6 Å². The summed E-state index contributed by atoms with van der Waals surface area (Å²) in [4.78, 5) is 23.3. The van der Waals surface area contributed by atoms with Gasteiger partial charge in [0.15, 0.2) is 0 Å². The van der Waals surface area contributed by atoms with Crippen LogP contribution in [0, 0.1) is 10.5 Å². The van der Waals surface area contributed by atoms with Crippen LogP contribution in [0.3, 0.4) is 0 Å². The molecule has 142 valence electrons. The maximum absolute atomic E-state index is 12.4. The van der Waals surface area contributed by atoms with Gasteiger partial charge in [0.2, 0.25) is 0 Å². The van der Waals surface area contributed by atoms with Gasteiger partial charge in [-0.25, -0.2) is 4.79 Å². The van der Waals surface area contributed by atoms with Gasteiger partial charge in [-0.3, -0.25) is 4.79 Å². The van der Waals surface area contributed by atoms with E-state index in [0.717, 1.165) is 33.7 Å². The van der Waals surface area contributed by atoms with E-state index in [9.17, 15) is 9.59 Å². The Bertz CT molecular complexity index is 802. The van der Waals surface area contributed by atoms with E-state index in [0.29, 0.717) is 24.5 Å². The van der Waals surface area contributed by atoms with Crippen LogP contribution >= 0.6 is 22.6 Å². The van der Waals surface area contributed by atoms with Gasteiger partial charge in [-0.2, -0.15) is 0 Å².